The maximum atomic E-state index is 12.9. The Morgan fingerprint density at radius 1 is 0.886 bits per heavy atom. The summed E-state index contributed by atoms with van der Waals surface area (Å²) in [5, 5.41) is 7.10. The van der Waals surface area contributed by atoms with Gasteiger partial charge in [0.25, 0.3) is 15.9 Å². The Labute approximate surface area is 202 Å². The van der Waals surface area contributed by atoms with Gasteiger partial charge in [0.1, 0.15) is 0 Å². The van der Waals surface area contributed by atoms with Crippen molar-refractivity contribution in [2.45, 2.75) is 11.3 Å². The molecule has 178 valence electrons. The Bertz CT molecular complexity index is 1450. The summed E-state index contributed by atoms with van der Waals surface area (Å²) in [7, 11) is -3.86. The van der Waals surface area contributed by atoms with E-state index in [2.05, 4.69) is 15.1 Å². The van der Waals surface area contributed by atoms with Gasteiger partial charge in [-0.05, 0) is 48.5 Å². The molecule has 1 amide bonds. The number of hydrogen-bond acceptors (Lipinski definition) is 6. The smallest absolute Gasteiger partial charge is 0.262 e. The molecule has 0 radical (unpaired) electrons. The fourth-order valence-corrected chi connectivity index (χ4v) is 4.59. The van der Waals surface area contributed by atoms with Crippen LogP contribution in [0.1, 0.15) is 16.8 Å². The predicted octanol–water partition coefficient (Wildman–Crippen LogP) is 4.09. The number of amides is 1. The zero-order chi connectivity index (χ0) is 24.3. The second kappa shape index (κ2) is 9.51. The second-order valence-electron chi connectivity index (χ2n) is 7.78. The molecule has 0 spiro atoms. The third-order valence-corrected chi connectivity index (χ3v) is 6.66. The number of para-hydroxylation sites is 1. The van der Waals surface area contributed by atoms with Crippen LogP contribution in [0.4, 0.5) is 11.5 Å². The Hall–Kier alpha value is -4.31. The van der Waals surface area contributed by atoms with E-state index in [0.29, 0.717) is 41.8 Å². The molecule has 0 saturated carbocycles. The molecule has 2 N–H and O–H groups in total. The number of carbonyl (C=O) groups is 1. The Morgan fingerprint density at radius 3 is 2.40 bits per heavy atom. The van der Waals surface area contributed by atoms with Gasteiger partial charge >= 0.3 is 0 Å². The molecular weight excluding hydrogens is 468 g/mol. The van der Waals surface area contributed by atoms with Crippen molar-refractivity contribution in [3.8, 4) is 17.2 Å². The first-order chi connectivity index (χ1) is 17.0. The van der Waals surface area contributed by atoms with E-state index in [1.54, 1.807) is 23.0 Å². The van der Waals surface area contributed by atoms with Crippen LogP contribution in [0, 0.1) is 0 Å². The van der Waals surface area contributed by atoms with Crippen LogP contribution in [0.25, 0.3) is 5.69 Å². The number of nitrogens with zero attached hydrogens (tertiary/aromatic N) is 2. The monoisotopic (exact) mass is 490 g/mol. The number of anilines is 2. The van der Waals surface area contributed by atoms with Crippen LogP contribution in [0.15, 0.2) is 90.0 Å². The molecule has 9 nitrogen and oxygen atoms in total. The molecule has 1 aliphatic heterocycles. The molecule has 2 heterocycles. The van der Waals surface area contributed by atoms with Gasteiger partial charge in [-0.15, -0.1) is 0 Å². The van der Waals surface area contributed by atoms with Crippen LogP contribution in [0.3, 0.4) is 0 Å². The number of sulfonamides is 1. The lowest BCUT2D eigenvalue weighted by Gasteiger charge is -2.12. The minimum atomic E-state index is -3.86. The summed E-state index contributed by atoms with van der Waals surface area (Å²) in [6.45, 7) is 0.978. The van der Waals surface area contributed by atoms with E-state index >= 15 is 0 Å². The number of rotatable bonds is 6. The molecule has 10 heteroatoms. The number of benzene rings is 3. The van der Waals surface area contributed by atoms with Crippen molar-refractivity contribution in [3.63, 3.8) is 0 Å². The van der Waals surface area contributed by atoms with Crippen LogP contribution >= 0.6 is 0 Å². The minimum absolute atomic E-state index is 0.0533. The maximum Gasteiger partial charge on any atom is 0.262 e. The number of fused-ring (bicyclic) bond motifs is 1. The number of nitrogens with one attached hydrogen (secondary N) is 2. The zero-order valence-corrected chi connectivity index (χ0v) is 19.4. The summed E-state index contributed by atoms with van der Waals surface area (Å²) in [6, 6.07) is 21.9. The van der Waals surface area contributed by atoms with Crippen molar-refractivity contribution < 1.29 is 22.7 Å². The molecule has 1 aliphatic rings. The van der Waals surface area contributed by atoms with Crippen molar-refractivity contribution >= 4 is 27.4 Å². The van der Waals surface area contributed by atoms with Crippen molar-refractivity contribution in [1.82, 2.24) is 9.78 Å². The zero-order valence-electron chi connectivity index (χ0n) is 18.5. The fraction of sp³-hybridized carbons (Fsp3) is 0.120. The predicted molar refractivity (Wildman–Crippen MR) is 131 cm³/mol. The Balaban J connectivity index is 1.25. The molecule has 5 rings (SSSR count). The lowest BCUT2D eigenvalue weighted by Crippen LogP contribution is -2.14. The first-order valence-electron chi connectivity index (χ1n) is 10.9. The summed E-state index contributed by atoms with van der Waals surface area (Å²) in [6.07, 6.45) is 2.48. The van der Waals surface area contributed by atoms with Gasteiger partial charge in [-0.2, -0.15) is 5.10 Å². The van der Waals surface area contributed by atoms with Gasteiger partial charge in [-0.1, -0.05) is 18.2 Å². The normalized spacial score (nSPS) is 13.0. The van der Waals surface area contributed by atoms with Crippen LogP contribution in [0.2, 0.25) is 0 Å². The average molecular weight is 491 g/mol. The summed E-state index contributed by atoms with van der Waals surface area (Å²) >= 11 is 0. The van der Waals surface area contributed by atoms with Gasteiger partial charge in [-0.25, -0.2) is 13.1 Å². The highest BCUT2D eigenvalue weighted by Gasteiger charge is 2.19. The van der Waals surface area contributed by atoms with Crippen molar-refractivity contribution in [1.29, 1.82) is 0 Å². The first kappa shape index (κ1) is 22.5. The topological polar surface area (TPSA) is 112 Å². The third kappa shape index (κ3) is 5.12. The quantitative estimate of drug-likeness (QED) is 0.421. The summed E-state index contributed by atoms with van der Waals surface area (Å²) in [5.41, 5.74) is 1.55. The van der Waals surface area contributed by atoms with E-state index in [-0.39, 0.29) is 10.8 Å². The number of ether oxygens (including phenoxy) is 2. The molecule has 1 aromatic heterocycles. The van der Waals surface area contributed by atoms with Gasteiger partial charge < -0.3 is 14.8 Å². The van der Waals surface area contributed by atoms with Crippen molar-refractivity contribution in [2.75, 3.05) is 23.3 Å². The standard InChI is InChI=1S/C25H22N4O5S/c30-25(26-24-13-14-29(27-24)20-5-2-1-3-6-20)18-7-9-19(10-8-18)28-35(31,32)21-11-12-22-23(17-21)34-16-4-15-33-22/h1-3,5-14,17,28H,4,15-16H2,(H,26,27,30). The lowest BCUT2D eigenvalue weighted by molar-refractivity contribution is 0.102. The van der Waals surface area contributed by atoms with Crippen LogP contribution < -0.4 is 19.5 Å². The number of hydrogen-bond donors (Lipinski definition) is 2. The molecule has 0 saturated heterocycles. The molecule has 0 bridgehead atoms. The minimum Gasteiger partial charge on any atom is -0.490 e. The molecule has 3 aromatic carbocycles. The second-order valence-corrected chi connectivity index (χ2v) is 9.46. The molecular formula is C25H22N4O5S. The highest BCUT2D eigenvalue weighted by Crippen LogP contribution is 2.32. The first-order valence-corrected chi connectivity index (χ1v) is 12.4. The molecule has 0 fully saturated rings. The Morgan fingerprint density at radius 2 is 1.63 bits per heavy atom. The van der Waals surface area contributed by atoms with Gasteiger partial charge in [0.2, 0.25) is 0 Å². The van der Waals surface area contributed by atoms with E-state index in [1.165, 1.54) is 36.4 Å². The average Bonchev–Trinajstić information content (AvgIpc) is 3.20. The molecule has 0 unspecified atom stereocenters. The summed E-state index contributed by atoms with van der Waals surface area (Å²) < 4.78 is 41.0. The highest BCUT2D eigenvalue weighted by molar-refractivity contribution is 7.92. The largest absolute Gasteiger partial charge is 0.490 e. The summed E-state index contributed by atoms with van der Waals surface area (Å²) in [4.78, 5) is 12.7. The molecule has 0 aliphatic carbocycles. The number of aromatic nitrogens is 2. The maximum absolute atomic E-state index is 12.9. The lowest BCUT2D eigenvalue weighted by atomic mass is 10.2. The van der Waals surface area contributed by atoms with Crippen molar-refractivity contribution in [3.05, 3.63) is 90.6 Å². The van der Waals surface area contributed by atoms with Gasteiger partial charge in [0.05, 0.1) is 23.8 Å². The fourth-order valence-electron chi connectivity index (χ4n) is 3.52. The SMILES string of the molecule is O=C(Nc1ccn(-c2ccccc2)n1)c1ccc(NS(=O)(=O)c2ccc3c(c2)OCCCO3)cc1. The molecule has 4 aromatic rings. The van der Waals surface area contributed by atoms with E-state index in [9.17, 15) is 13.2 Å². The molecule has 0 atom stereocenters. The van der Waals surface area contributed by atoms with Gasteiger partial charge in [0.15, 0.2) is 17.3 Å². The van der Waals surface area contributed by atoms with E-state index in [4.69, 9.17) is 9.47 Å². The summed E-state index contributed by atoms with van der Waals surface area (Å²) in [5.74, 6) is 0.955. The van der Waals surface area contributed by atoms with Crippen LogP contribution in [0.5, 0.6) is 11.5 Å². The van der Waals surface area contributed by atoms with E-state index in [1.807, 2.05) is 30.3 Å². The highest BCUT2D eigenvalue weighted by atomic mass is 32.2. The van der Waals surface area contributed by atoms with Crippen molar-refractivity contribution in [2.24, 2.45) is 0 Å². The van der Waals surface area contributed by atoms with Gasteiger partial charge in [0, 0.05) is 36.0 Å². The number of carbonyl (C=O) groups excluding carboxylic acids is 1. The third-order valence-electron chi connectivity index (χ3n) is 5.28. The van der Waals surface area contributed by atoms with Gasteiger partial charge in [-0.3, -0.25) is 9.52 Å². The molecule has 35 heavy (non-hydrogen) atoms. The Kier molecular flexibility index (Phi) is 6.11. The van der Waals surface area contributed by atoms with Crippen LogP contribution in [-0.4, -0.2) is 37.3 Å². The van der Waals surface area contributed by atoms with E-state index in [0.717, 1.165) is 12.1 Å². The van der Waals surface area contributed by atoms with Crippen LogP contribution in [-0.2, 0) is 10.0 Å². The van der Waals surface area contributed by atoms with E-state index < -0.39 is 10.0 Å².